The molecule has 1 aliphatic rings. The third-order valence-corrected chi connectivity index (χ3v) is 4.19. The Morgan fingerprint density at radius 1 is 1.30 bits per heavy atom. The van der Waals surface area contributed by atoms with E-state index < -0.39 is 24.1 Å². The molecule has 0 aliphatic heterocycles. The number of halogens is 3. The number of rotatable bonds is 4. The van der Waals surface area contributed by atoms with E-state index in [2.05, 4.69) is 5.32 Å². The van der Waals surface area contributed by atoms with Crippen molar-refractivity contribution in [1.82, 2.24) is 5.32 Å². The topological polar surface area (TPSA) is 58.6 Å². The number of benzene rings is 1. The molecule has 1 aliphatic carbocycles. The van der Waals surface area contributed by atoms with Gasteiger partial charge in [0.05, 0.1) is 13.0 Å². The molecule has 2 rings (SSSR count). The van der Waals surface area contributed by atoms with Gasteiger partial charge in [0.2, 0.25) is 0 Å². The lowest BCUT2D eigenvalue weighted by atomic mass is 9.85. The van der Waals surface area contributed by atoms with Crippen LogP contribution >= 0.6 is 0 Å². The molecule has 1 atom stereocenters. The van der Waals surface area contributed by atoms with E-state index in [9.17, 15) is 23.1 Å². The van der Waals surface area contributed by atoms with Crippen LogP contribution in [0.5, 0.6) is 5.75 Å². The van der Waals surface area contributed by atoms with Crippen LogP contribution in [0.4, 0.5) is 13.2 Å². The van der Waals surface area contributed by atoms with Crippen LogP contribution in [-0.2, 0) is 4.79 Å². The van der Waals surface area contributed by atoms with E-state index in [0.29, 0.717) is 11.3 Å². The molecule has 0 spiro atoms. The van der Waals surface area contributed by atoms with Gasteiger partial charge >= 0.3 is 6.18 Å². The van der Waals surface area contributed by atoms with Gasteiger partial charge in [-0.05, 0) is 43.4 Å². The number of carbonyl (C=O) groups excluding carboxylic acids is 1. The van der Waals surface area contributed by atoms with Crippen LogP contribution in [0.15, 0.2) is 24.3 Å². The van der Waals surface area contributed by atoms with Gasteiger partial charge in [-0.25, -0.2) is 0 Å². The van der Waals surface area contributed by atoms with E-state index in [0.717, 1.165) is 0 Å². The molecule has 1 aromatic carbocycles. The molecule has 0 aromatic heterocycles. The van der Waals surface area contributed by atoms with Crippen molar-refractivity contribution in [3.63, 3.8) is 0 Å². The highest BCUT2D eigenvalue weighted by atomic mass is 19.4. The van der Waals surface area contributed by atoms with Crippen molar-refractivity contribution in [2.45, 2.75) is 44.0 Å². The lowest BCUT2D eigenvalue weighted by Gasteiger charge is -2.30. The first-order valence-corrected chi connectivity index (χ1v) is 7.50. The van der Waals surface area contributed by atoms with Crippen LogP contribution in [0.1, 0.15) is 37.4 Å². The van der Waals surface area contributed by atoms with Gasteiger partial charge in [-0.3, -0.25) is 4.79 Å². The van der Waals surface area contributed by atoms with Crippen LogP contribution in [0.2, 0.25) is 0 Å². The van der Waals surface area contributed by atoms with E-state index >= 15 is 0 Å². The molecule has 7 heteroatoms. The standard InChI is InChI=1S/C16H20F3NO3/c1-23-13-4-2-3-10(9-13)14(21)15(22)20-12-7-5-11(6-8-12)16(17,18)19/h2-4,9,11-12,14,21H,5-8H2,1H3,(H,20,22)/t11?,12?,14-/m1/s1. The zero-order chi connectivity index (χ0) is 17.0. The summed E-state index contributed by atoms with van der Waals surface area (Å²) in [5, 5.41) is 12.7. The first-order valence-electron chi connectivity index (χ1n) is 7.50. The zero-order valence-corrected chi connectivity index (χ0v) is 12.8. The van der Waals surface area contributed by atoms with Gasteiger partial charge in [0.25, 0.3) is 5.91 Å². The summed E-state index contributed by atoms with van der Waals surface area (Å²) in [5.41, 5.74) is 0.380. The minimum Gasteiger partial charge on any atom is -0.497 e. The first-order chi connectivity index (χ1) is 10.8. The van der Waals surface area contributed by atoms with Gasteiger partial charge in [0, 0.05) is 6.04 Å². The molecule has 23 heavy (non-hydrogen) atoms. The molecular weight excluding hydrogens is 311 g/mol. The Kier molecular flexibility index (Phi) is 5.51. The zero-order valence-electron chi connectivity index (χ0n) is 12.8. The number of hydrogen-bond acceptors (Lipinski definition) is 3. The summed E-state index contributed by atoms with van der Waals surface area (Å²) in [7, 11) is 1.48. The lowest BCUT2D eigenvalue weighted by molar-refractivity contribution is -0.182. The minimum absolute atomic E-state index is 0.00367. The summed E-state index contributed by atoms with van der Waals surface area (Å²) in [6.07, 6.45) is -5.00. The van der Waals surface area contributed by atoms with Crippen molar-refractivity contribution in [1.29, 1.82) is 0 Å². The maximum Gasteiger partial charge on any atom is 0.391 e. The Hall–Kier alpha value is -1.76. The molecule has 1 fully saturated rings. The van der Waals surface area contributed by atoms with Gasteiger partial charge in [-0.1, -0.05) is 12.1 Å². The average molecular weight is 331 g/mol. The molecule has 1 aromatic rings. The number of ether oxygens (including phenoxy) is 1. The Morgan fingerprint density at radius 3 is 2.52 bits per heavy atom. The quantitative estimate of drug-likeness (QED) is 0.892. The summed E-state index contributed by atoms with van der Waals surface area (Å²) in [4.78, 5) is 12.1. The predicted octanol–water partition coefficient (Wildman–Crippen LogP) is 2.97. The van der Waals surface area contributed by atoms with Gasteiger partial charge in [0.15, 0.2) is 6.10 Å². The molecule has 128 valence electrons. The number of amides is 1. The van der Waals surface area contributed by atoms with Crippen molar-refractivity contribution >= 4 is 5.91 Å². The normalized spacial score (nSPS) is 23.2. The van der Waals surface area contributed by atoms with E-state index in [1.54, 1.807) is 24.3 Å². The number of nitrogens with one attached hydrogen (secondary N) is 1. The highest BCUT2D eigenvalue weighted by Crippen LogP contribution is 2.37. The van der Waals surface area contributed by atoms with Crippen LogP contribution < -0.4 is 10.1 Å². The highest BCUT2D eigenvalue weighted by Gasteiger charge is 2.41. The molecule has 0 radical (unpaired) electrons. The van der Waals surface area contributed by atoms with Gasteiger partial charge in [0.1, 0.15) is 5.75 Å². The molecule has 0 unspecified atom stereocenters. The van der Waals surface area contributed by atoms with Crippen molar-refractivity contribution in [2.24, 2.45) is 5.92 Å². The second kappa shape index (κ2) is 7.21. The summed E-state index contributed by atoms with van der Waals surface area (Å²) in [6, 6.07) is 6.14. The molecule has 2 N–H and O–H groups in total. The first kappa shape index (κ1) is 17.6. The van der Waals surface area contributed by atoms with Crippen LogP contribution in [0, 0.1) is 5.92 Å². The Bertz CT molecular complexity index is 540. The van der Waals surface area contributed by atoms with Crippen molar-refractivity contribution in [2.75, 3.05) is 7.11 Å². The average Bonchev–Trinajstić information content (AvgIpc) is 2.53. The number of hydrogen-bond donors (Lipinski definition) is 2. The third-order valence-electron chi connectivity index (χ3n) is 4.19. The van der Waals surface area contributed by atoms with E-state index in [1.165, 1.54) is 7.11 Å². The number of aliphatic hydroxyl groups excluding tert-OH is 1. The fourth-order valence-electron chi connectivity index (χ4n) is 2.81. The molecule has 1 amide bonds. The maximum absolute atomic E-state index is 12.6. The largest absolute Gasteiger partial charge is 0.497 e. The van der Waals surface area contributed by atoms with E-state index in [4.69, 9.17) is 4.74 Å². The number of carbonyl (C=O) groups is 1. The maximum atomic E-state index is 12.6. The van der Waals surface area contributed by atoms with Gasteiger partial charge in [-0.2, -0.15) is 13.2 Å². The Morgan fingerprint density at radius 2 is 1.96 bits per heavy atom. The number of alkyl halides is 3. The fraction of sp³-hybridized carbons (Fsp3) is 0.562. The van der Waals surface area contributed by atoms with Crippen LogP contribution in [-0.4, -0.2) is 30.3 Å². The second-order valence-corrected chi connectivity index (χ2v) is 5.78. The summed E-state index contributed by atoms with van der Waals surface area (Å²) >= 11 is 0. The third kappa shape index (κ3) is 4.60. The monoisotopic (exact) mass is 331 g/mol. The summed E-state index contributed by atoms with van der Waals surface area (Å²) in [6.45, 7) is 0. The Labute approximate surface area is 132 Å². The predicted molar refractivity (Wildman–Crippen MR) is 77.9 cm³/mol. The van der Waals surface area contributed by atoms with E-state index in [-0.39, 0.29) is 31.7 Å². The number of methoxy groups -OCH3 is 1. The minimum atomic E-state index is -4.17. The van der Waals surface area contributed by atoms with Crippen LogP contribution in [0.3, 0.4) is 0 Å². The highest BCUT2D eigenvalue weighted by molar-refractivity contribution is 5.82. The molecular formula is C16H20F3NO3. The summed E-state index contributed by atoms with van der Waals surface area (Å²) < 4.78 is 42.9. The molecule has 0 saturated heterocycles. The van der Waals surface area contributed by atoms with Crippen LogP contribution in [0.25, 0.3) is 0 Å². The van der Waals surface area contributed by atoms with E-state index in [1.807, 2.05) is 0 Å². The number of aliphatic hydroxyl groups is 1. The van der Waals surface area contributed by atoms with Crippen molar-refractivity contribution in [3.05, 3.63) is 29.8 Å². The molecule has 1 saturated carbocycles. The Balaban J connectivity index is 1.89. The van der Waals surface area contributed by atoms with Crippen molar-refractivity contribution in [3.8, 4) is 5.75 Å². The smallest absolute Gasteiger partial charge is 0.391 e. The molecule has 4 nitrogen and oxygen atoms in total. The SMILES string of the molecule is COc1cccc([C@@H](O)C(=O)NC2CCC(C(F)(F)F)CC2)c1. The van der Waals surface area contributed by atoms with Gasteiger partial charge < -0.3 is 15.2 Å². The second-order valence-electron chi connectivity index (χ2n) is 5.78. The van der Waals surface area contributed by atoms with Crippen molar-refractivity contribution < 1.29 is 27.8 Å². The molecule has 0 heterocycles. The fourth-order valence-corrected chi connectivity index (χ4v) is 2.81. The van der Waals surface area contributed by atoms with Gasteiger partial charge in [-0.15, -0.1) is 0 Å². The molecule has 0 bridgehead atoms. The summed E-state index contributed by atoms with van der Waals surface area (Å²) in [5.74, 6) is -1.38. The lowest BCUT2D eigenvalue weighted by Crippen LogP contribution is -2.42.